The second-order valence-corrected chi connectivity index (χ2v) is 19.6. The number of amides is 1. The largest absolute Gasteiger partial charge is 0.456 e. The van der Waals surface area contributed by atoms with E-state index < -0.39 is 118 Å². The summed E-state index contributed by atoms with van der Waals surface area (Å²) >= 11 is 0. The number of aliphatic hydroxyl groups is 2. The van der Waals surface area contributed by atoms with Gasteiger partial charge in [-0.1, -0.05) is 80.6 Å². The van der Waals surface area contributed by atoms with Crippen LogP contribution in [0.25, 0.3) is 0 Å². The molecule has 3 aliphatic carbocycles. The molecule has 7 rings (SSSR count). The van der Waals surface area contributed by atoms with Crippen molar-refractivity contribution in [3.8, 4) is 0 Å². The molecule has 4 aliphatic rings. The summed E-state index contributed by atoms with van der Waals surface area (Å²) in [6.45, 7) is 13.4. The predicted molar refractivity (Wildman–Crippen MR) is 236 cm³/mol. The maximum atomic E-state index is 15.7. The Labute approximate surface area is 384 Å². The van der Waals surface area contributed by atoms with Crippen LogP contribution >= 0.6 is 0 Å². The highest BCUT2D eigenvalue weighted by Gasteiger charge is 2.78. The van der Waals surface area contributed by atoms with Crippen LogP contribution in [0.4, 0.5) is 0 Å². The smallest absolute Gasteiger partial charge is 0.338 e. The number of hydrogen-bond acceptors (Lipinski definition) is 14. The molecule has 66 heavy (non-hydrogen) atoms. The summed E-state index contributed by atoms with van der Waals surface area (Å²) in [7, 11) is 0. The molecule has 1 amide bonds. The topological polar surface area (TPSA) is 210 Å². The number of Topliss-reactive ketones (excluding diaryl/α,β-unsaturated/α-hetero) is 1. The zero-order chi connectivity index (χ0) is 48.1. The Hall–Kier alpha value is -5.74. The van der Waals surface area contributed by atoms with Gasteiger partial charge in [0.2, 0.25) is 0 Å². The molecule has 3 fully saturated rings. The molecule has 0 unspecified atom stereocenters. The third-order valence-electron chi connectivity index (χ3n) is 13.9. The summed E-state index contributed by atoms with van der Waals surface area (Å²) in [6, 6.07) is 24.0. The molecule has 15 nitrogen and oxygen atoms in total. The Bertz CT molecular complexity index is 2400. The van der Waals surface area contributed by atoms with E-state index in [0.29, 0.717) is 11.1 Å². The number of rotatable bonds is 11. The number of ether oxygens (including phenoxy) is 6. The number of nitrogens with one attached hydrogen (secondary N) is 1. The van der Waals surface area contributed by atoms with Crippen LogP contribution in [0.15, 0.2) is 102 Å². The summed E-state index contributed by atoms with van der Waals surface area (Å²) < 4.78 is 37.4. The second kappa shape index (κ2) is 17.8. The third kappa shape index (κ3) is 8.46. The standard InChI is InChI=1S/C51H59NO14/c1-28-34(63-46(59)40(66-47(4,5)6)38(31-19-13-10-14-20-31)52-44(57)32-21-15-11-16-22-32)26-51(60)43(64-45(58)33-23-17-12-18-24-33)41-49(9,35(55)25-36-50(41,27-61-36)65-30(3)54)42(56)39(62-29(2)53)37(28)48(51,7)8/h10-24,34-36,38-41,43,55,60H,25-27H2,1-9H3,(H,52,57)/t34-,35-,36+,38+,39+,40-,41+,43+,49+,50-,51+/m0/s1. The SMILES string of the molecule is CC(=O)O[C@H]1C(=O)[C@]2(C)[C@@H](O)C[C@H]3OC[C@@]3(OC(C)=O)[C@@H]2[C@@H](OC(=O)c2ccccc2)[C@]2(O)C[C@H](OC(=O)[C@@H](OC(C)(C)C)[C@H](NC(=O)c3ccccc3)c3ccccc3)C(C)=C1C2(C)C. The molecular weight excluding hydrogens is 851 g/mol. The van der Waals surface area contributed by atoms with Crippen molar-refractivity contribution >= 4 is 35.6 Å². The van der Waals surface area contributed by atoms with Crippen LogP contribution in [0.2, 0.25) is 0 Å². The Morgan fingerprint density at radius 1 is 0.818 bits per heavy atom. The van der Waals surface area contributed by atoms with E-state index in [4.69, 9.17) is 28.4 Å². The molecule has 1 heterocycles. The average molecular weight is 910 g/mol. The van der Waals surface area contributed by atoms with Gasteiger partial charge in [-0.25, -0.2) is 9.59 Å². The highest BCUT2D eigenvalue weighted by Crippen LogP contribution is 2.64. The normalized spacial score (nSPS) is 30.9. The lowest BCUT2D eigenvalue weighted by molar-refractivity contribution is -0.346. The van der Waals surface area contributed by atoms with E-state index in [0.717, 1.165) is 6.92 Å². The van der Waals surface area contributed by atoms with Gasteiger partial charge in [0, 0.05) is 37.7 Å². The lowest BCUT2D eigenvalue weighted by Gasteiger charge is -2.67. The van der Waals surface area contributed by atoms with Crippen LogP contribution in [0.5, 0.6) is 0 Å². The first-order chi connectivity index (χ1) is 31.0. The summed E-state index contributed by atoms with van der Waals surface area (Å²) in [5.41, 5.74) is -7.63. The Morgan fingerprint density at radius 2 is 1.39 bits per heavy atom. The van der Waals surface area contributed by atoms with Crippen molar-refractivity contribution in [2.45, 2.75) is 135 Å². The Balaban J connectivity index is 1.43. The van der Waals surface area contributed by atoms with Gasteiger partial charge in [-0.15, -0.1) is 0 Å². The molecule has 2 saturated carbocycles. The number of benzene rings is 3. The van der Waals surface area contributed by atoms with Crippen LogP contribution in [0.3, 0.4) is 0 Å². The Kier molecular flexibility index (Phi) is 13.0. The van der Waals surface area contributed by atoms with Gasteiger partial charge < -0.3 is 44.0 Å². The van der Waals surface area contributed by atoms with Crippen molar-refractivity contribution in [2.24, 2.45) is 16.7 Å². The lowest BCUT2D eigenvalue weighted by atomic mass is 9.44. The first-order valence-electron chi connectivity index (χ1n) is 22.2. The van der Waals surface area contributed by atoms with E-state index in [2.05, 4.69) is 5.32 Å². The van der Waals surface area contributed by atoms with Crippen LogP contribution < -0.4 is 5.32 Å². The van der Waals surface area contributed by atoms with Gasteiger partial charge >= 0.3 is 23.9 Å². The van der Waals surface area contributed by atoms with Crippen LogP contribution in [-0.4, -0.2) is 106 Å². The number of fused-ring (bicyclic) bond motifs is 5. The minimum Gasteiger partial charge on any atom is -0.456 e. The van der Waals surface area contributed by atoms with E-state index in [1.165, 1.54) is 26.0 Å². The van der Waals surface area contributed by atoms with Crippen molar-refractivity contribution in [2.75, 3.05) is 6.61 Å². The van der Waals surface area contributed by atoms with Gasteiger partial charge in [-0.05, 0) is 75.6 Å². The number of carbonyl (C=O) groups is 6. The van der Waals surface area contributed by atoms with Gasteiger partial charge in [-0.2, -0.15) is 0 Å². The molecule has 3 N–H and O–H groups in total. The molecule has 0 aromatic heterocycles. The average Bonchev–Trinajstić information content (AvgIpc) is 3.26. The zero-order valence-corrected chi connectivity index (χ0v) is 38.7. The van der Waals surface area contributed by atoms with Crippen molar-refractivity contribution in [3.63, 3.8) is 0 Å². The predicted octanol–water partition coefficient (Wildman–Crippen LogP) is 5.56. The first kappa shape index (κ1) is 48.2. The van der Waals surface area contributed by atoms with E-state index in [9.17, 15) is 29.4 Å². The zero-order valence-electron chi connectivity index (χ0n) is 38.7. The van der Waals surface area contributed by atoms with Gasteiger partial charge in [0.1, 0.15) is 23.9 Å². The summed E-state index contributed by atoms with van der Waals surface area (Å²) in [6.07, 6.45) is -9.82. The van der Waals surface area contributed by atoms with Crippen molar-refractivity contribution in [1.82, 2.24) is 5.32 Å². The molecular formula is C51H59NO14. The number of esters is 4. The molecule has 352 valence electrons. The maximum Gasteiger partial charge on any atom is 0.338 e. The minimum atomic E-state index is -2.37. The molecule has 1 aliphatic heterocycles. The van der Waals surface area contributed by atoms with E-state index in [-0.39, 0.29) is 29.7 Å². The minimum absolute atomic E-state index is 0.0423. The monoisotopic (exact) mass is 909 g/mol. The number of ketones is 1. The molecule has 11 atom stereocenters. The number of hydrogen-bond donors (Lipinski definition) is 3. The quantitative estimate of drug-likeness (QED) is 0.122. The first-order valence-corrected chi connectivity index (χ1v) is 22.2. The van der Waals surface area contributed by atoms with Crippen LogP contribution in [0, 0.1) is 16.7 Å². The second-order valence-electron chi connectivity index (χ2n) is 19.6. The molecule has 2 bridgehead atoms. The fourth-order valence-corrected chi connectivity index (χ4v) is 10.7. The molecule has 3 aromatic rings. The van der Waals surface area contributed by atoms with Gasteiger partial charge in [-0.3, -0.25) is 19.2 Å². The van der Waals surface area contributed by atoms with E-state index in [1.807, 2.05) is 0 Å². The summed E-state index contributed by atoms with van der Waals surface area (Å²) in [4.78, 5) is 85.3. The summed E-state index contributed by atoms with van der Waals surface area (Å²) in [5, 5.41) is 29.0. The van der Waals surface area contributed by atoms with Gasteiger partial charge in [0.25, 0.3) is 5.91 Å². The molecule has 1 saturated heterocycles. The number of aliphatic hydroxyl groups excluding tert-OH is 1. The number of carbonyl (C=O) groups excluding carboxylic acids is 6. The van der Waals surface area contributed by atoms with E-state index >= 15 is 9.59 Å². The molecule has 15 heteroatoms. The van der Waals surface area contributed by atoms with Crippen LogP contribution in [-0.2, 0) is 47.6 Å². The molecule has 0 spiro atoms. The highest BCUT2D eigenvalue weighted by atomic mass is 16.6. The Morgan fingerprint density at radius 3 is 1.92 bits per heavy atom. The molecule has 3 aromatic carbocycles. The van der Waals surface area contributed by atoms with Gasteiger partial charge in [0.15, 0.2) is 23.6 Å². The molecule has 0 radical (unpaired) electrons. The van der Waals surface area contributed by atoms with E-state index in [1.54, 1.807) is 120 Å². The summed E-state index contributed by atoms with van der Waals surface area (Å²) in [5.74, 6) is -6.39. The van der Waals surface area contributed by atoms with Crippen molar-refractivity contribution < 1.29 is 67.4 Å². The lowest BCUT2D eigenvalue weighted by Crippen LogP contribution is -2.82. The third-order valence-corrected chi connectivity index (χ3v) is 13.9. The van der Waals surface area contributed by atoms with Gasteiger partial charge in [0.05, 0.1) is 41.3 Å². The highest BCUT2D eigenvalue weighted by molar-refractivity contribution is 5.96. The fourth-order valence-electron chi connectivity index (χ4n) is 10.7. The van der Waals surface area contributed by atoms with Crippen molar-refractivity contribution in [3.05, 3.63) is 119 Å². The van der Waals surface area contributed by atoms with Crippen LogP contribution in [0.1, 0.15) is 107 Å². The van der Waals surface area contributed by atoms with Crippen molar-refractivity contribution in [1.29, 1.82) is 0 Å². The fraction of sp³-hybridized carbons (Fsp3) is 0.490. The maximum absolute atomic E-state index is 15.7.